The molecule has 2 aromatic rings. The molecule has 1 aliphatic heterocycles. The normalized spacial score (nSPS) is 17.8. The minimum atomic E-state index is -0.378. The zero-order valence-electron chi connectivity index (χ0n) is 15.9. The zero-order chi connectivity index (χ0) is 19.4. The topological polar surface area (TPSA) is 94.8 Å². The van der Waals surface area contributed by atoms with Gasteiger partial charge in [-0.25, -0.2) is 9.59 Å². The average Bonchev–Trinajstić information content (AvgIpc) is 2.63. The number of nitrogens with one attached hydrogen (secondary N) is 2. The van der Waals surface area contributed by atoms with E-state index >= 15 is 0 Å². The van der Waals surface area contributed by atoms with E-state index in [9.17, 15) is 14.7 Å². The molecule has 3 N–H and O–H groups in total. The highest BCUT2D eigenvalue weighted by Crippen LogP contribution is 2.25. The van der Waals surface area contributed by atoms with E-state index in [0.717, 1.165) is 48.9 Å². The molecule has 1 fully saturated rings. The summed E-state index contributed by atoms with van der Waals surface area (Å²) in [6.45, 7) is 6.06. The number of aryl methyl sites for hydroxylation is 2. The Kier molecular flexibility index (Phi) is 6.13. The summed E-state index contributed by atoms with van der Waals surface area (Å²) in [5, 5.41) is 16.0. The van der Waals surface area contributed by atoms with Crippen LogP contribution in [0.3, 0.4) is 0 Å². The Balaban J connectivity index is 1.60. The van der Waals surface area contributed by atoms with E-state index in [4.69, 9.17) is 4.42 Å². The van der Waals surface area contributed by atoms with Crippen molar-refractivity contribution < 1.29 is 14.3 Å². The summed E-state index contributed by atoms with van der Waals surface area (Å²) in [5.74, 6) is 0. The molecule has 7 nitrogen and oxygen atoms in total. The number of piperidine rings is 1. The highest BCUT2D eigenvalue weighted by Gasteiger charge is 2.21. The predicted octanol–water partition coefficient (Wildman–Crippen LogP) is 2.38. The first-order valence-electron chi connectivity index (χ1n) is 9.43. The van der Waals surface area contributed by atoms with Gasteiger partial charge in [0.15, 0.2) is 0 Å². The molecule has 1 saturated heterocycles. The van der Waals surface area contributed by atoms with Crippen molar-refractivity contribution in [2.45, 2.75) is 39.2 Å². The maximum absolute atomic E-state index is 12.3. The predicted molar refractivity (Wildman–Crippen MR) is 105 cm³/mol. The van der Waals surface area contributed by atoms with Crippen molar-refractivity contribution in [2.24, 2.45) is 0 Å². The van der Waals surface area contributed by atoms with Crippen molar-refractivity contribution in [3.63, 3.8) is 0 Å². The van der Waals surface area contributed by atoms with Crippen molar-refractivity contribution in [1.82, 2.24) is 10.2 Å². The van der Waals surface area contributed by atoms with Gasteiger partial charge < -0.3 is 20.2 Å². The number of aliphatic hydroxyl groups is 1. The summed E-state index contributed by atoms with van der Waals surface area (Å²) in [7, 11) is 0. The molecule has 146 valence electrons. The van der Waals surface area contributed by atoms with Gasteiger partial charge in [-0.05, 0) is 56.5 Å². The van der Waals surface area contributed by atoms with Gasteiger partial charge in [0, 0.05) is 36.3 Å². The lowest BCUT2D eigenvalue weighted by Gasteiger charge is -2.34. The number of urea groups is 1. The quantitative estimate of drug-likeness (QED) is 0.700. The number of benzene rings is 1. The second kappa shape index (κ2) is 8.54. The summed E-state index contributed by atoms with van der Waals surface area (Å²) in [6, 6.07) is 4.96. The first-order chi connectivity index (χ1) is 13.0. The van der Waals surface area contributed by atoms with Crippen LogP contribution >= 0.6 is 0 Å². The molecule has 7 heteroatoms. The largest absolute Gasteiger partial charge is 0.423 e. The van der Waals surface area contributed by atoms with Crippen LogP contribution in [0.25, 0.3) is 11.0 Å². The number of anilines is 1. The highest BCUT2D eigenvalue weighted by atomic mass is 16.4. The van der Waals surface area contributed by atoms with Gasteiger partial charge in [0.05, 0.1) is 6.61 Å². The number of hydrogen-bond donors (Lipinski definition) is 3. The van der Waals surface area contributed by atoms with Crippen molar-refractivity contribution in [2.75, 3.05) is 31.6 Å². The molecule has 2 amide bonds. The molecule has 27 heavy (non-hydrogen) atoms. The lowest BCUT2D eigenvalue weighted by atomic mass is 10.0. The minimum Gasteiger partial charge on any atom is -0.423 e. The average molecular weight is 373 g/mol. The molecule has 3 rings (SSSR count). The lowest BCUT2D eigenvalue weighted by molar-refractivity contribution is 0.0917. The standard InChI is InChI=1S/C20H27N3O4/c1-13-10-19(25)27-18-9-14(2)17(11-16(13)18)22-20(26)21-6-8-23-7-4-3-5-15(23)12-24/h9-11,15,24H,3-8,12H2,1-2H3,(H2,21,22,26). The molecule has 1 aromatic carbocycles. The molecule has 0 radical (unpaired) electrons. The summed E-state index contributed by atoms with van der Waals surface area (Å²) < 4.78 is 5.23. The number of amides is 2. The van der Waals surface area contributed by atoms with Crippen LogP contribution in [-0.4, -0.2) is 48.3 Å². The number of fused-ring (bicyclic) bond motifs is 1. The van der Waals surface area contributed by atoms with Crippen LogP contribution in [0.2, 0.25) is 0 Å². The van der Waals surface area contributed by atoms with E-state index in [0.29, 0.717) is 17.8 Å². The number of nitrogens with zero attached hydrogens (tertiary/aromatic N) is 1. The first kappa shape index (κ1) is 19.4. The molecule has 0 saturated carbocycles. The number of carbonyl (C=O) groups is 1. The van der Waals surface area contributed by atoms with Gasteiger partial charge in [0.25, 0.3) is 0 Å². The fraction of sp³-hybridized carbons (Fsp3) is 0.500. The van der Waals surface area contributed by atoms with Crippen LogP contribution in [0.15, 0.2) is 27.4 Å². The molecule has 0 aliphatic carbocycles. The summed E-state index contributed by atoms with van der Waals surface area (Å²) in [6.07, 6.45) is 3.29. The van der Waals surface area contributed by atoms with Crippen LogP contribution in [0, 0.1) is 13.8 Å². The smallest absolute Gasteiger partial charge is 0.336 e. The van der Waals surface area contributed by atoms with E-state index in [1.807, 2.05) is 19.9 Å². The third kappa shape index (κ3) is 4.67. The fourth-order valence-corrected chi connectivity index (χ4v) is 3.64. The van der Waals surface area contributed by atoms with Crippen LogP contribution in [-0.2, 0) is 0 Å². The molecule has 1 aromatic heterocycles. The fourth-order valence-electron chi connectivity index (χ4n) is 3.64. The molecular weight excluding hydrogens is 346 g/mol. The SMILES string of the molecule is Cc1cc2oc(=O)cc(C)c2cc1NC(=O)NCCN1CCCCC1CO. The monoisotopic (exact) mass is 373 g/mol. The molecule has 1 atom stereocenters. The van der Waals surface area contributed by atoms with E-state index in [1.54, 1.807) is 6.07 Å². The van der Waals surface area contributed by atoms with Gasteiger partial charge in [-0.15, -0.1) is 0 Å². The molecule has 2 heterocycles. The van der Waals surface area contributed by atoms with Crippen LogP contribution in [0.4, 0.5) is 10.5 Å². The van der Waals surface area contributed by atoms with E-state index in [1.165, 1.54) is 6.07 Å². The first-order valence-corrected chi connectivity index (χ1v) is 9.43. The van der Waals surface area contributed by atoms with Gasteiger partial charge in [-0.3, -0.25) is 4.90 Å². The number of likely N-dealkylation sites (tertiary alicyclic amines) is 1. The molecule has 0 bridgehead atoms. The van der Waals surface area contributed by atoms with Crippen LogP contribution < -0.4 is 16.3 Å². The van der Waals surface area contributed by atoms with Gasteiger partial charge in [0.1, 0.15) is 5.58 Å². The Bertz CT molecular complexity index is 877. The second-order valence-electron chi connectivity index (χ2n) is 7.16. The lowest BCUT2D eigenvalue weighted by Crippen LogP contribution is -2.46. The van der Waals surface area contributed by atoms with Gasteiger partial charge in [0.2, 0.25) is 0 Å². The van der Waals surface area contributed by atoms with Crippen molar-refractivity contribution in [3.8, 4) is 0 Å². The zero-order valence-corrected chi connectivity index (χ0v) is 15.9. The minimum absolute atomic E-state index is 0.165. The van der Waals surface area contributed by atoms with E-state index < -0.39 is 0 Å². The Hall–Kier alpha value is -2.38. The number of rotatable bonds is 5. The van der Waals surface area contributed by atoms with Crippen molar-refractivity contribution in [3.05, 3.63) is 39.7 Å². The Morgan fingerprint density at radius 2 is 2.07 bits per heavy atom. The molecule has 0 spiro atoms. The molecule has 1 aliphatic rings. The maximum Gasteiger partial charge on any atom is 0.336 e. The van der Waals surface area contributed by atoms with E-state index in [2.05, 4.69) is 15.5 Å². The Morgan fingerprint density at radius 1 is 1.26 bits per heavy atom. The highest BCUT2D eigenvalue weighted by molar-refractivity contribution is 5.94. The van der Waals surface area contributed by atoms with Gasteiger partial charge in [-0.1, -0.05) is 6.42 Å². The van der Waals surface area contributed by atoms with Crippen molar-refractivity contribution in [1.29, 1.82) is 0 Å². The molecular formula is C20H27N3O4. The Labute approximate surface area is 158 Å². The maximum atomic E-state index is 12.3. The van der Waals surface area contributed by atoms with Gasteiger partial charge in [-0.2, -0.15) is 0 Å². The number of hydrogen-bond acceptors (Lipinski definition) is 5. The third-order valence-corrected chi connectivity index (χ3v) is 5.19. The van der Waals surface area contributed by atoms with Crippen LogP contribution in [0.5, 0.6) is 0 Å². The second-order valence-corrected chi connectivity index (χ2v) is 7.16. The van der Waals surface area contributed by atoms with E-state index in [-0.39, 0.29) is 24.3 Å². The Morgan fingerprint density at radius 3 is 2.85 bits per heavy atom. The van der Waals surface area contributed by atoms with Crippen LogP contribution in [0.1, 0.15) is 30.4 Å². The van der Waals surface area contributed by atoms with Crippen molar-refractivity contribution >= 4 is 22.7 Å². The summed E-state index contributed by atoms with van der Waals surface area (Å²) >= 11 is 0. The third-order valence-electron chi connectivity index (χ3n) is 5.19. The molecule has 1 unspecified atom stereocenters. The summed E-state index contributed by atoms with van der Waals surface area (Å²) in [5.41, 5.74) is 2.45. The van der Waals surface area contributed by atoms with Gasteiger partial charge >= 0.3 is 11.7 Å². The summed E-state index contributed by atoms with van der Waals surface area (Å²) in [4.78, 5) is 26.0. The number of aliphatic hydroxyl groups excluding tert-OH is 1. The number of carbonyl (C=O) groups excluding carboxylic acids is 1.